The molecule has 1 aliphatic heterocycles. The van der Waals surface area contributed by atoms with E-state index in [0.29, 0.717) is 12.4 Å². The third kappa shape index (κ3) is 5.61. The molecule has 4 nitrogen and oxygen atoms in total. The number of nitrogens with one attached hydrogen (secondary N) is 1. The molecule has 1 unspecified atom stereocenters. The van der Waals surface area contributed by atoms with E-state index < -0.39 is 9.84 Å². The third-order valence-electron chi connectivity index (χ3n) is 3.51. The summed E-state index contributed by atoms with van der Waals surface area (Å²) in [4.78, 5) is 0. The maximum Gasteiger partial charge on any atom is 0.151 e. The van der Waals surface area contributed by atoms with Gasteiger partial charge in [-0.1, -0.05) is 30.3 Å². The van der Waals surface area contributed by atoms with Crippen molar-refractivity contribution in [2.24, 2.45) is 0 Å². The Bertz CT molecular complexity index is 487. The summed E-state index contributed by atoms with van der Waals surface area (Å²) in [6.07, 6.45) is 2.79. The van der Waals surface area contributed by atoms with Crippen LogP contribution in [0.2, 0.25) is 0 Å². The van der Waals surface area contributed by atoms with Crippen LogP contribution in [-0.4, -0.2) is 45.7 Å². The second-order valence-electron chi connectivity index (χ2n) is 5.26. The van der Waals surface area contributed by atoms with Crippen LogP contribution in [0.3, 0.4) is 0 Å². The topological polar surface area (TPSA) is 55.4 Å². The summed E-state index contributed by atoms with van der Waals surface area (Å²) in [5, 5.41) is 3.24. The van der Waals surface area contributed by atoms with E-state index in [9.17, 15) is 8.42 Å². The molecular formula is C15H23NO3S. The minimum absolute atomic E-state index is 0.118. The number of hydrogen-bond donors (Lipinski definition) is 1. The Morgan fingerprint density at radius 3 is 2.70 bits per heavy atom. The van der Waals surface area contributed by atoms with Gasteiger partial charge in [0.05, 0.1) is 18.1 Å². The number of benzene rings is 1. The van der Waals surface area contributed by atoms with Crippen molar-refractivity contribution in [1.29, 1.82) is 0 Å². The average Bonchev–Trinajstić information content (AvgIpc) is 2.78. The van der Waals surface area contributed by atoms with Crippen LogP contribution in [0.4, 0.5) is 0 Å². The minimum Gasteiger partial charge on any atom is -0.380 e. The second kappa shape index (κ2) is 7.76. The fraction of sp³-hybridized carbons (Fsp3) is 0.600. The zero-order valence-electron chi connectivity index (χ0n) is 11.8. The highest BCUT2D eigenvalue weighted by Gasteiger charge is 2.26. The van der Waals surface area contributed by atoms with Gasteiger partial charge in [-0.05, 0) is 24.8 Å². The van der Waals surface area contributed by atoms with Crippen LogP contribution in [0.25, 0.3) is 0 Å². The number of aryl methyl sites for hydroxylation is 1. The molecule has 112 valence electrons. The van der Waals surface area contributed by atoms with Gasteiger partial charge < -0.3 is 10.1 Å². The largest absolute Gasteiger partial charge is 0.380 e. The summed E-state index contributed by atoms with van der Waals surface area (Å²) in [6, 6.07) is 10.5. The lowest BCUT2D eigenvalue weighted by atomic mass is 10.1. The SMILES string of the molecule is O=S1(=O)CCC(NCCOCCCc2ccccc2)C1. The van der Waals surface area contributed by atoms with Gasteiger partial charge in [-0.25, -0.2) is 8.42 Å². The molecule has 2 rings (SSSR count). The quantitative estimate of drug-likeness (QED) is 0.737. The Morgan fingerprint density at radius 2 is 2.00 bits per heavy atom. The van der Waals surface area contributed by atoms with E-state index in [1.54, 1.807) is 0 Å². The molecule has 0 saturated carbocycles. The van der Waals surface area contributed by atoms with Gasteiger partial charge in [0.2, 0.25) is 0 Å². The highest BCUT2D eigenvalue weighted by molar-refractivity contribution is 7.91. The molecule has 1 aliphatic rings. The van der Waals surface area contributed by atoms with Gasteiger partial charge in [0.1, 0.15) is 0 Å². The van der Waals surface area contributed by atoms with Crippen molar-refractivity contribution >= 4 is 9.84 Å². The first-order valence-corrected chi connectivity index (χ1v) is 9.03. The molecule has 5 heteroatoms. The highest BCUT2D eigenvalue weighted by Crippen LogP contribution is 2.10. The van der Waals surface area contributed by atoms with Gasteiger partial charge >= 0.3 is 0 Å². The molecule has 1 heterocycles. The van der Waals surface area contributed by atoms with Gasteiger partial charge in [-0.15, -0.1) is 0 Å². The molecule has 0 aliphatic carbocycles. The van der Waals surface area contributed by atoms with Crippen molar-refractivity contribution in [2.75, 3.05) is 31.3 Å². The predicted molar refractivity (Wildman–Crippen MR) is 80.6 cm³/mol. The molecule has 20 heavy (non-hydrogen) atoms. The molecule has 1 aromatic carbocycles. The van der Waals surface area contributed by atoms with Crippen molar-refractivity contribution in [1.82, 2.24) is 5.32 Å². The fourth-order valence-corrected chi connectivity index (χ4v) is 4.12. The minimum atomic E-state index is -2.78. The van der Waals surface area contributed by atoms with Crippen molar-refractivity contribution in [3.8, 4) is 0 Å². The Morgan fingerprint density at radius 1 is 1.20 bits per heavy atom. The Kier molecular flexibility index (Phi) is 6.01. The lowest BCUT2D eigenvalue weighted by molar-refractivity contribution is 0.132. The number of sulfone groups is 1. The van der Waals surface area contributed by atoms with E-state index >= 15 is 0 Å². The Hall–Kier alpha value is -0.910. The summed E-state index contributed by atoms with van der Waals surface area (Å²) < 4.78 is 28.1. The Balaban J connectivity index is 1.46. The van der Waals surface area contributed by atoms with Gasteiger partial charge in [0, 0.05) is 19.2 Å². The van der Waals surface area contributed by atoms with Crippen molar-refractivity contribution in [3.05, 3.63) is 35.9 Å². The first kappa shape index (κ1) is 15.5. The lowest BCUT2D eigenvalue weighted by Crippen LogP contribution is -2.32. The molecule has 0 spiro atoms. The fourth-order valence-electron chi connectivity index (χ4n) is 2.42. The van der Waals surface area contributed by atoms with Gasteiger partial charge in [0.25, 0.3) is 0 Å². The van der Waals surface area contributed by atoms with Crippen LogP contribution < -0.4 is 5.32 Å². The van der Waals surface area contributed by atoms with Crippen LogP contribution in [-0.2, 0) is 21.0 Å². The first-order valence-electron chi connectivity index (χ1n) is 7.21. The molecular weight excluding hydrogens is 274 g/mol. The molecule has 1 aromatic rings. The molecule has 1 N–H and O–H groups in total. The van der Waals surface area contributed by atoms with E-state index in [-0.39, 0.29) is 11.8 Å². The van der Waals surface area contributed by atoms with Gasteiger partial charge in [-0.3, -0.25) is 0 Å². The summed E-state index contributed by atoms with van der Waals surface area (Å²) in [6.45, 7) is 2.12. The number of hydrogen-bond acceptors (Lipinski definition) is 4. The van der Waals surface area contributed by atoms with Crippen LogP contribution in [0, 0.1) is 0 Å². The zero-order chi connectivity index (χ0) is 14.3. The van der Waals surface area contributed by atoms with E-state index in [2.05, 4.69) is 29.6 Å². The first-order chi connectivity index (χ1) is 9.66. The molecule has 1 fully saturated rings. The van der Waals surface area contributed by atoms with Gasteiger partial charge in [-0.2, -0.15) is 0 Å². The summed E-state index contributed by atoms with van der Waals surface area (Å²) >= 11 is 0. The van der Waals surface area contributed by atoms with Crippen LogP contribution in [0.15, 0.2) is 30.3 Å². The van der Waals surface area contributed by atoms with Crippen molar-refractivity contribution < 1.29 is 13.2 Å². The van der Waals surface area contributed by atoms with Gasteiger partial charge in [0.15, 0.2) is 9.84 Å². The predicted octanol–water partition coefficient (Wildman–Crippen LogP) is 1.41. The molecule has 1 saturated heterocycles. The summed E-state index contributed by atoms with van der Waals surface area (Å²) in [7, 11) is -2.78. The number of rotatable bonds is 8. The maximum absolute atomic E-state index is 11.3. The molecule has 0 bridgehead atoms. The van der Waals surface area contributed by atoms with E-state index in [1.165, 1.54) is 5.56 Å². The molecule has 0 radical (unpaired) electrons. The average molecular weight is 297 g/mol. The zero-order valence-corrected chi connectivity index (χ0v) is 12.6. The normalized spacial score (nSPS) is 21.1. The van der Waals surface area contributed by atoms with E-state index in [0.717, 1.165) is 32.4 Å². The molecule has 1 atom stereocenters. The third-order valence-corrected chi connectivity index (χ3v) is 5.28. The standard InChI is InChI=1S/C15H23NO3S/c17-20(18)12-8-15(13-20)16-9-11-19-10-4-7-14-5-2-1-3-6-14/h1-3,5-6,15-16H,4,7-13H2. The summed E-state index contributed by atoms with van der Waals surface area (Å²) in [5.41, 5.74) is 1.34. The highest BCUT2D eigenvalue weighted by atomic mass is 32.2. The lowest BCUT2D eigenvalue weighted by Gasteiger charge is -2.10. The van der Waals surface area contributed by atoms with E-state index in [4.69, 9.17) is 4.74 Å². The molecule has 0 aromatic heterocycles. The Labute approximate surface area is 121 Å². The van der Waals surface area contributed by atoms with Crippen LogP contribution >= 0.6 is 0 Å². The second-order valence-corrected chi connectivity index (χ2v) is 7.48. The maximum atomic E-state index is 11.3. The number of ether oxygens (including phenoxy) is 1. The van der Waals surface area contributed by atoms with E-state index in [1.807, 2.05) is 6.07 Å². The monoisotopic (exact) mass is 297 g/mol. The van der Waals surface area contributed by atoms with Crippen LogP contribution in [0.5, 0.6) is 0 Å². The van der Waals surface area contributed by atoms with Crippen molar-refractivity contribution in [3.63, 3.8) is 0 Å². The van der Waals surface area contributed by atoms with Crippen LogP contribution in [0.1, 0.15) is 18.4 Å². The van der Waals surface area contributed by atoms with Crippen molar-refractivity contribution in [2.45, 2.75) is 25.3 Å². The summed E-state index contributed by atoms with van der Waals surface area (Å²) in [5.74, 6) is 0.601. The smallest absolute Gasteiger partial charge is 0.151 e. The molecule has 0 amide bonds.